The summed E-state index contributed by atoms with van der Waals surface area (Å²) in [6, 6.07) is 85.0. The summed E-state index contributed by atoms with van der Waals surface area (Å²) in [5, 5.41) is 4.64. The Morgan fingerprint density at radius 2 is 0.767 bits per heavy atom. The monoisotopic (exact) mass is 765 g/mol. The van der Waals surface area contributed by atoms with Gasteiger partial charge in [0.25, 0.3) is 0 Å². The second-order valence-electron chi connectivity index (χ2n) is 15.2. The molecular formula is C58H39NO. The van der Waals surface area contributed by atoms with Gasteiger partial charge in [-0.15, -0.1) is 0 Å². The number of rotatable bonds is 8. The Kier molecular flexibility index (Phi) is 8.87. The molecule has 0 saturated heterocycles. The number of para-hydroxylation sites is 4. The molecule has 1 heterocycles. The second-order valence-corrected chi connectivity index (χ2v) is 15.2. The Hall–Kier alpha value is -7.94. The SMILES string of the molecule is c1ccc(-c2ccc(N(c3ccccc3-c3cccc4c3oc3ccccc34)c3ccccc3-c3cccc4cccc(-c5ccccc5)c34)c(-c3ccccc3)c2)cc1. The van der Waals surface area contributed by atoms with Gasteiger partial charge in [0.15, 0.2) is 0 Å². The van der Waals surface area contributed by atoms with E-state index < -0.39 is 0 Å². The lowest BCUT2D eigenvalue weighted by atomic mass is 9.90. The number of hydrogen-bond donors (Lipinski definition) is 0. The predicted molar refractivity (Wildman–Crippen MR) is 253 cm³/mol. The van der Waals surface area contributed by atoms with Crippen LogP contribution in [0.25, 0.3) is 88.3 Å². The average Bonchev–Trinajstić information content (AvgIpc) is 3.72. The van der Waals surface area contributed by atoms with Crippen molar-refractivity contribution in [1.82, 2.24) is 0 Å². The van der Waals surface area contributed by atoms with Crippen LogP contribution in [0.15, 0.2) is 241 Å². The van der Waals surface area contributed by atoms with Gasteiger partial charge in [0.05, 0.1) is 17.1 Å². The fourth-order valence-corrected chi connectivity index (χ4v) is 8.96. The van der Waals surface area contributed by atoms with Crippen molar-refractivity contribution < 1.29 is 4.42 Å². The maximum absolute atomic E-state index is 6.72. The molecule has 2 heteroatoms. The summed E-state index contributed by atoms with van der Waals surface area (Å²) in [5.74, 6) is 0. The van der Waals surface area contributed by atoms with E-state index in [2.05, 4.69) is 235 Å². The number of benzene rings is 10. The molecular weight excluding hydrogens is 727 g/mol. The normalized spacial score (nSPS) is 11.3. The maximum Gasteiger partial charge on any atom is 0.143 e. The lowest BCUT2D eigenvalue weighted by Gasteiger charge is -2.32. The lowest BCUT2D eigenvalue weighted by Crippen LogP contribution is -2.14. The molecule has 282 valence electrons. The van der Waals surface area contributed by atoms with E-state index in [1.165, 1.54) is 33.0 Å². The van der Waals surface area contributed by atoms with Crippen molar-refractivity contribution in [1.29, 1.82) is 0 Å². The molecule has 11 aromatic rings. The molecule has 0 N–H and O–H groups in total. The number of nitrogens with zero attached hydrogens (tertiary/aromatic N) is 1. The molecule has 60 heavy (non-hydrogen) atoms. The fourth-order valence-electron chi connectivity index (χ4n) is 8.96. The summed E-state index contributed by atoms with van der Waals surface area (Å²) < 4.78 is 6.72. The van der Waals surface area contributed by atoms with E-state index >= 15 is 0 Å². The van der Waals surface area contributed by atoms with Gasteiger partial charge in [0.1, 0.15) is 11.2 Å². The van der Waals surface area contributed by atoms with Gasteiger partial charge < -0.3 is 9.32 Å². The van der Waals surface area contributed by atoms with Crippen LogP contribution in [0.4, 0.5) is 17.1 Å². The van der Waals surface area contributed by atoms with E-state index in [0.717, 1.165) is 72.4 Å². The third-order valence-electron chi connectivity index (χ3n) is 11.7. The Bertz CT molecular complexity index is 3310. The molecule has 0 unspecified atom stereocenters. The van der Waals surface area contributed by atoms with Crippen molar-refractivity contribution in [3.05, 3.63) is 237 Å². The Labute approximate surface area is 349 Å². The molecule has 0 fully saturated rings. The summed E-state index contributed by atoms with van der Waals surface area (Å²) in [7, 11) is 0. The third-order valence-corrected chi connectivity index (χ3v) is 11.7. The zero-order valence-corrected chi connectivity index (χ0v) is 32.9. The van der Waals surface area contributed by atoms with E-state index in [-0.39, 0.29) is 0 Å². The molecule has 0 aliphatic rings. The van der Waals surface area contributed by atoms with Gasteiger partial charge in [-0.1, -0.05) is 206 Å². The lowest BCUT2D eigenvalue weighted by molar-refractivity contribution is 0.670. The van der Waals surface area contributed by atoms with E-state index in [1.54, 1.807) is 0 Å². The van der Waals surface area contributed by atoms with Gasteiger partial charge in [-0.2, -0.15) is 0 Å². The quantitative estimate of drug-likeness (QED) is 0.153. The summed E-state index contributed by atoms with van der Waals surface area (Å²) in [4.78, 5) is 2.48. The molecule has 0 radical (unpaired) electrons. The second kappa shape index (κ2) is 15.1. The first-order chi connectivity index (χ1) is 29.8. The molecule has 0 saturated carbocycles. The Morgan fingerprint density at radius 1 is 0.283 bits per heavy atom. The van der Waals surface area contributed by atoms with E-state index in [1.807, 2.05) is 6.07 Å². The highest BCUT2D eigenvalue weighted by atomic mass is 16.3. The highest BCUT2D eigenvalue weighted by molar-refractivity contribution is 6.12. The standard InChI is InChI=1S/C58H39NO/c1-4-19-40(20-5-1)44-37-38-55(52(39-44)42-23-8-3-9-24-42)59(54-35-14-11-28-47(54)50-32-18-33-51-48-29-12-15-36-56(48)60-58(50)51)53-34-13-10-27-46(53)49-31-17-26-43-25-16-30-45(57(43)49)41-21-6-2-7-22-41/h1-39H. The molecule has 10 aromatic carbocycles. The fraction of sp³-hybridized carbons (Fsp3) is 0. The molecule has 0 bridgehead atoms. The first-order valence-corrected chi connectivity index (χ1v) is 20.5. The summed E-state index contributed by atoms with van der Waals surface area (Å²) in [6.45, 7) is 0. The van der Waals surface area contributed by atoms with Gasteiger partial charge >= 0.3 is 0 Å². The van der Waals surface area contributed by atoms with Crippen LogP contribution >= 0.6 is 0 Å². The van der Waals surface area contributed by atoms with Crippen LogP contribution in [0.3, 0.4) is 0 Å². The number of fused-ring (bicyclic) bond motifs is 4. The van der Waals surface area contributed by atoms with Crippen LogP contribution < -0.4 is 4.90 Å². The maximum atomic E-state index is 6.72. The van der Waals surface area contributed by atoms with Crippen molar-refractivity contribution >= 4 is 49.8 Å². The number of hydrogen-bond acceptors (Lipinski definition) is 2. The third kappa shape index (κ3) is 6.14. The molecule has 0 amide bonds. The van der Waals surface area contributed by atoms with Crippen molar-refractivity contribution in [2.24, 2.45) is 0 Å². The van der Waals surface area contributed by atoms with Crippen molar-refractivity contribution in [2.75, 3.05) is 4.90 Å². The molecule has 0 aliphatic heterocycles. The Balaban J connectivity index is 1.23. The van der Waals surface area contributed by atoms with Gasteiger partial charge in [-0.05, 0) is 74.5 Å². The first-order valence-electron chi connectivity index (χ1n) is 20.5. The van der Waals surface area contributed by atoms with Gasteiger partial charge in [0.2, 0.25) is 0 Å². The van der Waals surface area contributed by atoms with Crippen molar-refractivity contribution in [2.45, 2.75) is 0 Å². The van der Waals surface area contributed by atoms with E-state index in [4.69, 9.17) is 4.42 Å². The van der Waals surface area contributed by atoms with Gasteiger partial charge in [-0.25, -0.2) is 0 Å². The molecule has 1 aromatic heterocycles. The highest BCUT2D eigenvalue weighted by Gasteiger charge is 2.26. The highest BCUT2D eigenvalue weighted by Crippen LogP contribution is 2.51. The summed E-state index contributed by atoms with van der Waals surface area (Å²) in [5.41, 5.74) is 16.4. The molecule has 0 aliphatic carbocycles. The summed E-state index contributed by atoms with van der Waals surface area (Å²) in [6.07, 6.45) is 0. The average molecular weight is 766 g/mol. The number of anilines is 3. The largest absolute Gasteiger partial charge is 0.455 e. The summed E-state index contributed by atoms with van der Waals surface area (Å²) >= 11 is 0. The first kappa shape index (κ1) is 35.2. The van der Waals surface area contributed by atoms with Crippen LogP contribution in [0.2, 0.25) is 0 Å². The van der Waals surface area contributed by atoms with Crippen LogP contribution in [0.5, 0.6) is 0 Å². The molecule has 0 atom stereocenters. The molecule has 2 nitrogen and oxygen atoms in total. The van der Waals surface area contributed by atoms with Crippen molar-refractivity contribution in [3.8, 4) is 55.6 Å². The minimum Gasteiger partial charge on any atom is -0.455 e. The van der Waals surface area contributed by atoms with E-state index in [9.17, 15) is 0 Å². The predicted octanol–water partition coefficient (Wildman–Crippen LogP) is 16.5. The van der Waals surface area contributed by atoms with Gasteiger partial charge in [-0.3, -0.25) is 0 Å². The molecule has 0 spiro atoms. The Morgan fingerprint density at radius 3 is 1.47 bits per heavy atom. The topological polar surface area (TPSA) is 16.4 Å². The van der Waals surface area contributed by atoms with Crippen molar-refractivity contribution in [3.63, 3.8) is 0 Å². The molecule has 11 rings (SSSR count). The smallest absolute Gasteiger partial charge is 0.143 e. The van der Waals surface area contributed by atoms with Crippen LogP contribution in [0.1, 0.15) is 0 Å². The minimum atomic E-state index is 0.878. The van der Waals surface area contributed by atoms with Gasteiger partial charge in [0, 0.05) is 33.0 Å². The zero-order chi connectivity index (χ0) is 39.8. The van der Waals surface area contributed by atoms with Crippen LogP contribution in [-0.2, 0) is 0 Å². The number of furan rings is 1. The van der Waals surface area contributed by atoms with E-state index in [0.29, 0.717) is 0 Å². The van der Waals surface area contributed by atoms with Crippen LogP contribution in [-0.4, -0.2) is 0 Å². The minimum absolute atomic E-state index is 0.878. The van der Waals surface area contributed by atoms with Crippen LogP contribution in [0, 0.1) is 0 Å². The zero-order valence-electron chi connectivity index (χ0n) is 32.9.